The average molecular weight is 294 g/mol. The number of nitrogen functional groups attached to an aromatic ring is 1. The molecule has 2 rings (SSSR count). The second kappa shape index (κ2) is 4.92. The molecule has 2 N–H and O–H groups in total. The fourth-order valence-electron chi connectivity index (χ4n) is 1.99. The molecule has 0 spiro atoms. The Bertz CT molecular complexity index is 535. The van der Waals surface area contributed by atoms with E-state index in [2.05, 4.69) is 39.7 Å². The van der Waals surface area contributed by atoms with Crippen LogP contribution in [0.3, 0.4) is 0 Å². The first-order valence-electron chi connectivity index (χ1n) is 5.76. The van der Waals surface area contributed by atoms with Gasteiger partial charge in [-0.25, -0.2) is 4.98 Å². The Morgan fingerprint density at radius 1 is 1.24 bits per heavy atom. The lowest BCUT2D eigenvalue weighted by molar-refractivity contribution is 0.851. The summed E-state index contributed by atoms with van der Waals surface area (Å²) in [4.78, 5) is 6.76. The van der Waals surface area contributed by atoms with E-state index in [1.165, 1.54) is 0 Å². The van der Waals surface area contributed by atoms with Gasteiger partial charge < -0.3 is 10.6 Å². The molecule has 0 unspecified atom stereocenters. The molecule has 0 aliphatic rings. The van der Waals surface area contributed by atoms with Gasteiger partial charge in [0.2, 0.25) is 0 Å². The molecule has 0 saturated heterocycles. The molecule has 0 bridgehead atoms. The quantitative estimate of drug-likeness (QED) is 0.882. The molecule has 0 aliphatic carbocycles. The minimum Gasteiger partial charge on any atom is -0.399 e. The third-order valence-electron chi connectivity index (χ3n) is 2.90. The molecule has 0 amide bonds. The van der Waals surface area contributed by atoms with E-state index in [-0.39, 0.29) is 0 Å². The zero-order chi connectivity index (χ0) is 12.4. The van der Waals surface area contributed by atoms with Crippen molar-refractivity contribution in [3.05, 3.63) is 28.9 Å². The van der Waals surface area contributed by atoms with Gasteiger partial charge in [-0.15, -0.1) is 0 Å². The van der Waals surface area contributed by atoms with Crippen LogP contribution < -0.4 is 10.6 Å². The second-order valence-electron chi connectivity index (χ2n) is 3.91. The summed E-state index contributed by atoms with van der Waals surface area (Å²) in [6.07, 6.45) is 1.84. The zero-order valence-corrected chi connectivity index (χ0v) is 11.7. The van der Waals surface area contributed by atoms with Crippen LogP contribution in [-0.4, -0.2) is 18.1 Å². The summed E-state index contributed by atoms with van der Waals surface area (Å²) in [5.41, 5.74) is 6.60. The Kier molecular flexibility index (Phi) is 3.52. The molecule has 3 nitrogen and oxygen atoms in total. The number of rotatable bonds is 3. The molecule has 1 aromatic carbocycles. The first-order valence-corrected chi connectivity index (χ1v) is 6.55. The van der Waals surface area contributed by atoms with Crippen molar-refractivity contribution in [2.75, 3.05) is 23.7 Å². The van der Waals surface area contributed by atoms with E-state index in [1.807, 2.05) is 24.4 Å². The highest BCUT2D eigenvalue weighted by Crippen LogP contribution is 2.31. The number of aromatic nitrogens is 1. The van der Waals surface area contributed by atoms with Crippen molar-refractivity contribution in [3.8, 4) is 0 Å². The van der Waals surface area contributed by atoms with Crippen molar-refractivity contribution < 1.29 is 0 Å². The zero-order valence-electron chi connectivity index (χ0n) is 10.1. The molecule has 1 heterocycles. The van der Waals surface area contributed by atoms with E-state index >= 15 is 0 Å². The Labute approximate surface area is 110 Å². The molecule has 1 aromatic heterocycles. The highest BCUT2D eigenvalue weighted by atomic mass is 79.9. The van der Waals surface area contributed by atoms with Gasteiger partial charge in [-0.2, -0.15) is 0 Å². The van der Waals surface area contributed by atoms with Gasteiger partial charge in [0, 0.05) is 40.2 Å². The summed E-state index contributed by atoms with van der Waals surface area (Å²) in [6.45, 7) is 6.17. The molecule has 0 aliphatic heterocycles. The Hall–Kier alpha value is -1.29. The van der Waals surface area contributed by atoms with Crippen LogP contribution in [0.5, 0.6) is 0 Å². The topological polar surface area (TPSA) is 42.2 Å². The van der Waals surface area contributed by atoms with Crippen molar-refractivity contribution in [2.45, 2.75) is 13.8 Å². The van der Waals surface area contributed by atoms with E-state index in [0.29, 0.717) is 0 Å². The van der Waals surface area contributed by atoms with Crippen molar-refractivity contribution in [1.29, 1.82) is 0 Å². The normalized spacial score (nSPS) is 10.8. The first-order chi connectivity index (χ1) is 8.17. The lowest BCUT2D eigenvalue weighted by Crippen LogP contribution is -2.23. The predicted octanol–water partition coefficient (Wildman–Crippen LogP) is 3.43. The van der Waals surface area contributed by atoms with Gasteiger partial charge in [0.15, 0.2) is 0 Å². The SMILES string of the molecule is CCN(CC)c1ncc(Br)c2cc(N)ccc12. The van der Waals surface area contributed by atoms with Gasteiger partial charge in [0.05, 0.1) is 0 Å². The van der Waals surface area contributed by atoms with Gasteiger partial charge in [-0.1, -0.05) is 0 Å². The van der Waals surface area contributed by atoms with Crippen LogP contribution in [0.25, 0.3) is 10.8 Å². The van der Waals surface area contributed by atoms with Gasteiger partial charge in [0.1, 0.15) is 5.82 Å². The maximum absolute atomic E-state index is 5.83. The molecule has 0 radical (unpaired) electrons. The summed E-state index contributed by atoms with van der Waals surface area (Å²) >= 11 is 3.52. The van der Waals surface area contributed by atoms with Crippen LogP contribution >= 0.6 is 15.9 Å². The first kappa shape index (κ1) is 12.2. The number of halogens is 1. The third kappa shape index (κ3) is 2.22. The monoisotopic (exact) mass is 293 g/mol. The number of fused-ring (bicyclic) bond motifs is 1. The number of nitrogens with zero attached hydrogens (tertiary/aromatic N) is 2. The largest absolute Gasteiger partial charge is 0.399 e. The Balaban J connectivity index is 2.69. The smallest absolute Gasteiger partial charge is 0.136 e. The molecule has 0 fully saturated rings. The van der Waals surface area contributed by atoms with Crippen molar-refractivity contribution >= 4 is 38.2 Å². The lowest BCUT2D eigenvalue weighted by atomic mass is 10.1. The second-order valence-corrected chi connectivity index (χ2v) is 4.76. The molecule has 90 valence electrons. The van der Waals surface area contributed by atoms with Crippen molar-refractivity contribution in [3.63, 3.8) is 0 Å². The third-order valence-corrected chi connectivity index (χ3v) is 3.54. The van der Waals surface area contributed by atoms with E-state index in [9.17, 15) is 0 Å². The number of hydrogen-bond donors (Lipinski definition) is 1. The van der Waals surface area contributed by atoms with E-state index in [4.69, 9.17) is 5.73 Å². The van der Waals surface area contributed by atoms with Crippen LogP contribution in [0, 0.1) is 0 Å². The Morgan fingerprint density at radius 3 is 2.59 bits per heavy atom. The van der Waals surface area contributed by atoms with Crippen LogP contribution in [0.15, 0.2) is 28.9 Å². The minimum absolute atomic E-state index is 0.773. The van der Waals surface area contributed by atoms with Crippen molar-refractivity contribution in [1.82, 2.24) is 4.98 Å². The van der Waals surface area contributed by atoms with Gasteiger partial charge in [-0.3, -0.25) is 0 Å². The van der Waals surface area contributed by atoms with E-state index in [0.717, 1.165) is 39.8 Å². The highest BCUT2D eigenvalue weighted by molar-refractivity contribution is 9.10. The number of pyridine rings is 1. The molecule has 17 heavy (non-hydrogen) atoms. The highest BCUT2D eigenvalue weighted by Gasteiger charge is 2.10. The summed E-state index contributed by atoms with van der Waals surface area (Å²) < 4.78 is 0.982. The summed E-state index contributed by atoms with van der Waals surface area (Å²) in [7, 11) is 0. The molecule has 0 saturated carbocycles. The Morgan fingerprint density at radius 2 is 1.94 bits per heavy atom. The number of anilines is 2. The van der Waals surface area contributed by atoms with E-state index < -0.39 is 0 Å². The number of benzene rings is 1. The maximum atomic E-state index is 5.83. The van der Waals surface area contributed by atoms with Crippen LogP contribution in [0.4, 0.5) is 11.5 Å². The molecular formula is C13H16BrN3. The average Bonchev–Trinajstić information content (AvgIpc) is 2.34. The summed E-state index contributed by atoms with van der Waals surface area (Å²) in [5, 5.41) is 2.25. The van der Waals surface area contributed by atoms with Crippen LogP contribution in [-0.2, 0) is 0 Å². The standard InChI is InChI=1S/C13H16BrN3/c1-3-17(4-2)13-10-6-5-9(15)7-11(10)12(14)8-16-13/h5-8H,3-4,15H2,1-2H3. The summed E-state index contributed by atoms with van der Waals surface area (Å²) in [6, 6.07) is 5.94. The van der Waals surface area contributed by atoms with Gasteiger partial charge in [-0.05, 0) is 48.0 Å². The molecule has 2 aromatic rings. The molecule has 0 atom stereocenters. The van der Waals surface area contributed by atoms with Gasteiger partial charge >= 0.3 is 0 Å². The van der Waals surface area contributed by atoms with Crippen LogP contribution in [0.1, 0.15) is 13.8 Å². The van der Waals surface area contributed by atoms with Gasteiger partial charge in [0.25, 0.3) is 0 Å². The van der Waals surface area contributed by atoms with Crippen LogP contribution in [0.2, 0.25) is 0 Å². The number of nitrogens with two attached hydrogens (primary N) is 1. The minimum atomic E-state index is 0.773. The predicted molar refractivity (Wildman–Crippen MR) is 77.4 cm³/mol. The fourth-order valence-corrected chi connectivity index (χ4v) is 2.42. The summed E-state index contributed by atoms with van der Waals surface area (Å²) in [5.74, 6) is 1.02. The van der Waals surface area contributed by atoms with Crippen molar-refractivity contribution in [2.24, 2.45) is 0 Å². The lowest BCUT2D eigenvalue weighted by Gasteiger charge is -2.21. The molecular weight excluding hydrogens is 278 g/mol. The maximum Gasteiger partial charge on any atom is 0.136 e. The number of hydrogen-bond acceptors (Lipinski definition) is 3. The van der Waals surface area contributed by atoms with E-state index in [1.54, 1.807) is 0 Å². The molecule has 4 heteroatoms. The fraction of sp³-hybridized carbons (Fsp3) is 0.308.